The van der Waals surface area contributed by atoms with Gasteiger partial charge in [-0.3, -0.25) is 4.79 Å². The topological polar surface area (TPSA) is 20.3 Å². The zero-order valence-corrected chi connectivity index (χ0v) is 8.10. The number of hydrogen-bond donors (Lipinski definition) is 0. The summed E-state index contributed by atoms with van der Waals surface area (Å²) in [6, 6.07) is 10.5. The van der Waals surface area contributed by atoms with Gasteiger partial charge in [0.25, 0.3) is 0 Å². The van der Waals surface area contributed by atoms with E-state index in [0.717, 1.165) is 12.8 Å². The average Bonchev–Trinajstić information content (AvgIpc) is 2.18. The zero-order valence-electron chi connectivity index (χ0n) is 8.10. The van der Waals surface area contributed by atoms with Crippen LogP contribution in [0.2, 0.25) is 0 Å². The Morgan fingerprint density at radius 2 is 2.00 bits per heavy atom. The molecule has 1 amide bonds. The molecule has 1 rings (SSSR count). The fraction of sp³-hybridized carbons (Fsp3) is 0.364. The maximum absolute atomic E-state index is 10.5. The monoisotopic (exact) mass is 177 g/mol. The molecule has 2 nitrogen and oxygen atoms in total. The highest BCUT2D eigenvalue weighted by atomic mass is 16.1. The molecule has 2 heteroatoms. The lowest BCUT2D eigenvalue weighted by Gasteiger charge is -2.19. The first-order valence-corrected chi connectivity index (χ1v) is 4.45. The van der Waals surface area contributed by atoms with Gasteiger partial charge in [-0.2, -0.15) is 0 Å². The summed E-state index contributed by atoms with van der Waals surface area (Å²) in [4.78, 5) is 12.1. The molecule has 0 aliphatic carbocycles. The molecule has 1 unspecified atom stereocenters. The predicted octanol–water partition coefficient (Wildman–Crippen LogP) is 1.71. The minimum absolute atomic E-state index is 0.264. The Hall–Kier alpha value is -1.31. The van der Waals surface area contributed by atoms with Crippen molar-refractivity contribution in [3.05, 3.63) is 35.9 Å². The van der Waals surface area contributed by atoms with Gasteiger partial charge in [-0.05, 0) is 18.9 Å². The van der Waals surface area contributed by atoms with Crippen LogP contribution in [-0.2, 0) is 11.2 Å². The van der Waals surface area contributed by atoms with Gasteiger partial charge in [0, 0.05) is 13.1 Å². The van der Waals surface area contributed by atoms with Crippen LogP contribution >= 0.6 is 0 Å². The molecule has 70 valence electrons. The van der Waals surface area contributed by atoms with Crippen LogP contribution < -0.4 is 0 Å². The molecule has 0 aromatic heterocycles. The summed E-state index contributed by atoms with van der Waals surface area (Å²) in [5.74, 6) is 0. The number of carbonyl (C=O) groups is 1. The third kappa shape index (κ3) is 2.90. The minimum Gasteiger partial charge on any atom is -0.345 e. The lowest BCUT2D eigenvalue weighted by atomic mass is 10.1. The van der Waals surface area contributed by atoms with Gasteiger partial charge < -0.3 is 4.90 Å². The van der Waals surface area contributed by atoms with Gasteiger partial charge in [-0.1, -0.05) is 30.3 Å². The Bertz CT molecular complexity index is 258. The van der Waals surface area contributed by atoms with Crippen LogP contribution in [0.15, 0.2) is 30.3 Å². The molecule has 0 aliphatic heterocycles. The van der Waals surface area contributed by atoms with E-state index in [9.17, 15) is 4.79 Å². The molecule has 0 spiro atoms. The SMILES string of the molecule is CC(Cc1ccccc1)N(C)C=O. The third-order valence-electron chi connectivity index (χ3n) is 2.24. The van der Waals surface area contributed by atoms with E-state index in [1.54, 1.807) is 11.9 Å². The third-order valence-corrected chi connectivity index (χ3v) is 2.24. The van der Waals surface area contributed by atoms with E-state index in [1.165, 1.54) is 5.56 Å². The number of nitrogens with zero attached hydrogens (tertiary/aromatic N) is 1. The number of benzene rings is 1. The molecular weight excluding hydrogens is 162 g/mol. The Kier molecular flexibility index (Phi) is 3.50. The van der Waals surface area contributed by atoms with E-state index in [0.29, 0.717) is 0 Å². The lowest BCUT2D eigenvalue weighted by Crippen LogP contribution is -2.29. The van der Waals surface area contributed by atoms with Crippen molar-refractivity contribution in [1.29, 1.82) is 0 Å². The van der Waals surface area contributed by atoms with Gasteiger partial charge >= 0.3 is 0 Å². The van der Waals surface area contributed by atoms with Crippen molar-refractivity contribution < 1.29 is 4.79 Å². The first kappa shape index (κ1) is 9.78. The van der Waals surface area contributed by atoms with Crippen LogP contribution in [0.1, 0.15) is 12.5 Å². The van der Waals surface area contributed by atoms with E-state index >= 15 is 0 Å². The quantitative estimate of drug-likeness (QED) is 0.641. The number of likely N-dealkylation sites (N-methyl/N-ethyl adjacent to an activating group) is 1. The smallest absolute Gasteiger partial charge is 0.209 e. The summed E-state index contributed by atoms with van der Waals surface area (Å²) >= 11 is 0. The van der Waals surface area contributed by atoms with Crippen molar-refractivity contribution >= 4 is 6.41 Å². The molecule has 0 fully saturated rings. The second kappa shape index (κ2) is 4.65. The van der Waals surface area contributed by atoms with E-state index in [2.05, 4.69) is 12.1 Å². The van der Waals surface area contributed by atoms with Crippen molar-refractivity contribution in [1.82, 2.24) is 4.90 Å². The fourth-order valence-corrected chi connectivity index (χ4v) is 1.20. The number of rotatable bonds is 4. The van der Waals surface area contributed by atoms with Gasteiger partial charge in [0.2, 0.25) is 6.41 Å². The lowest BCUT2D eigenvalue weighted by molar-refractivity contribution is -0.118. The van der Waals surface area contributed by atoms with Crippen molar-refractivity contribution in [2.45, 2.75) is 19.4 Å². The molecule has 0 aliphatic rings. The normalized spacial score (nSPS) is 12.2. The maximum atomic E-state index is 10.5. The van der Waals surface area contributed by atoms with E-state index in [4.69, 9.17) is 0 Å². The Balaban J connectivity index is 2.54. The van der Waals surface area contributed by atoms with Gasteiger partial charge in [-0.25, -0.2) is 0 Å². The van der Waals surface area contributed by atoms with Crippen LogP contribution in [0.25, 0.3) is 0 Å². The molecule has 0 saturated heterocycles. The van der Waals surface area contributed by atoms with Gasteiger partial charge in [0.1, 0.15) is 0 Å². The highest BCUT2D eigenvalue weighted by Crippen LogP contribution is 2.05. The standard InChI is InChI=1S/C11H15NO/c1-10(12(2)9-13)8-11-6-4-3-5-7-11/h3-7,9-10H,8H2,1-2H3. The van der Waals surface area contributed by atoms with E-state index in [1.807, 2.05) is 25.1 Å². The summed E-state index contributed by atoms with van der Waals surface area (Å²) in [5, 5.41) is 0. The predicted molar refractivity (Wildman–Crippen MR) is 53.4 cm³/mol. The second-order valence-electron chi connectivity index (χ2n) is 3.31. The van der Waals surface area contributed by atoms with Crippen LogP contribution in [0, 0.1) is 0 Å². The highest BCUT2D eigenvalue weighted by Gasteiger charge is 2.06. The van der Waals surface area contributed by atoms with Crippen LogP contribution in [0.4, 0.5) is 0 Å². The van der Waals surface area contributed by atoms with Crippen LogP contribution in [-0.4, -0.2) is 24.4 Å². The van der Waals surface area contributed by atoms with Crippen LogP contribution in [0.3, 0.4) is 0 Å². The Morgan fingerprint density at radius 1 is 1.38 bits per heavy atom. The van der Waals surface area contributed by atoms with Gasteiger partial charge in [0.15, 0.2) is 0 Å². The molecule has 1 atom stereocenters. The molecule has 1 aromatic rings. The highest BCUT2D eigenvalue weighted by molar-refractivity contribution is 5.47. The van der Waals surface area contributed by atoms with Gasteiger partial charge in [-0.15, -0.1) is 0 Å². The summed E-state index contributed by atoms with van der Waals surface area (Å²) in [7, 11) is 1.81. The van der Waals surface area contributed by atoms with Gasteiger partial charge in [0.05, 0.1) is 0 Å². The van der Waals surface area contributed by atoms with E-state index in [-0.39, 0.29) is 6.04 Å². The molecular formula is C11H15NO. The van der Waals surface area contributed by atoms with Crippen LogP contribution in [0.5, 0.6) is 0 Å². The average molecular weight is 177 g/mol. The molecule has 1 aromatic carbocycles. The van der Waals surface area contributed by atoms with Crippen molar-refractivity contribution in [3.63, 3.8) is 0 Å². The fourth-order valence-electron chi connectivity index (χ4n) is 1.20. The molecule has 13 heavy (non-hydrogen) atoms. The summed E-state index contributed by atoms with van der Waals surface area (Å²) in [6.07, 6.45) is 1.78. The summed E-state index contributed by atoms with van der Waals surface area (Å²) < 4.78 is 0. The first-order chi connectivity index (χ1) is 6.24. The molecule has 0 heterocycles. The minimum atomic E-state index is 0.264. The Labute approximate surface area is 79.2 Å². The van der Waals surface area contributed by atoms with Crippen molar-refractivity contribution in [2.24, 2.45) is 0 Å². The van der Waals surface area contributed by atoms with E-state index < -0.39 is 0 Å². The van der Waals surface area contributed by atoms with Crippen molar-refractivity contribution in [3.8, 4) is 0 Å². The summed E-state index contributed by atoms with van der Waals surface area (Å²) in [5.41, 5.74) is 1.27. The molecule has 0 N–H and O–H groups in total. The number of hydrogen-bond acceptors (Lipinski definition) is 1. The maximum Gasteiger partial charge on any atom is 0.209 e. The zero-order chi connectivity index (χ0) is 9.68. The second-order valence-corrected chi connectivity index (χ2v) is 3.31. The largest absolute Gasteiger partial charge is 0.345 e. The number of amides is 1. The van der Waals surface area contributed by atoms with Crippen molar-refractivity contribution in [2.75, 3.05) is 7.05 Å². The molecule has 0 bridgehead atoms. The molecule has 0 radical (unpaired) electrons. The number of carbonyl (C=O) groups excluding carboxylic acids is 1. The molecule has 0 saturated carbocycles. The Morgan fingerprint density at radius 3 is 2.54 bits per heavy atom. The first-order valence-electron chi connectivity index (χ1n) is 4.45. The summed E-state index contributed by atoms with van der Waals surface area (Å²) in [6.45, 7) is 2.04.